The van der Waals surface area contributed by atoms with Gasteiger partial charge in [-0.15, -0.1) is 0 Å². The normalized spacial score (nSPS) is 15.7. The van der Waals surface area contributed by atoms with Crippen LogP contribution in [-0.2, 0) is 0 Å². The van der Waals surface area contributed by atoms with Crippen molar-refractivity contribution in [2.45, 2.75) is 113 Å². The van der Waals surface area contributed by atoms with Gasteiger partial charge < -0.3 is 4.90 Å². The lowest BCUT2D eigenvalue weighted by Crippen LogP contribution is -2.41. The minimum Gasteiger partial charge on any atom is -0.339 e. The second-order valence-corrected chi connectivity index (χ2v) is 13.8. The molecule has 1 heterocycles. The van der Waals surface area contributed by atoms with E-state index in [1.807, 2.05) is 75.1 Å². The maximum atomic E-state index is 14.0. The van der Waals surface area contributed by atoms with Crippen LogP contribution in [0.2, 0.25) is 0 Å². The molecule has 3 nitrogen and oxygen atoms in total. The average Bonchev–Trinajstić information content (AvgIpc) is 3.11. The third kappa shape index (κ3) is 14.0. The van der Waals surface area contributed by atoms with E-state index in [1.54, 1.807) is 6.92 Å². The van der Waals surface area contributed by atoms with Gasteiger partial charge in [0.15, 0.2) is 0 Å². The molecule has 3 unspecified atom stereocenters. The predicted octanol–water partition coefficient (Wildman–Crippen LogP) is 13.4. The number of amides is 1. The first-order valence-corrected chi connectivity index (χ1v) is 18.6. The van der Waals surface area contributed by atoms with Crippen LogP contribution >= 0.6 is 0 Å². The maximum absolute atomic E-state index is 14.0. The Morgan fingerprint density at radius 1 is 0.827 bits per heavy atom. The molecule has 286 valence electrons. The molecule has 0 spiro atoms. The number of aryl methyl sites for hydroxylation is 2. The van der Waals surface area contributed by atoms with E-state index in [1.165, 1.54) is 11.3 Å². The standard InChI is InChI=1S/C36H43FN2O.C6H12F2.C2H4F2/c1-7-24(3)35(38-34-15-10-9-12-25(34)4)28-18-20-39(21-19-28)36(40)31-16-17-33(26(5)22-31)32(8-2)30-14-11-13-29(23-30)27(6)37;1-3-5(2)4-6(7)8;1-2(3)4/h8-17,22-24,27-28H,7,18-21H2,1-6H3;5-6H,3-4H2,1-2H3;2H,1H3/b32-8-,38-35?;;. The summed E-state index contributed by atoms with van der Waals surface area (Å²) in [7, 11) is 0. The molecular weight excluding hydrogens is 667 g/mol. The minimum absolute atomic E-state index is 0.0521. The molecule has 0 radical (unpaired) electrons. The molecule has 1 amide bonds. The van der Waals surface area contributed by atoms with Crippen molar-refractivity contribution in [2.24, 2.45) is 22.7 Å². The van der Waals surface area contributed by atoms with Crippen LogP contribution < -0.4 is 0 Å². The van der Waals surface area contributed by atoms with Gasteiger partial charge in [-0.1, -0.05) is 82.7 Å². The summed E-state index contributed by atoms with van der Waals surface area (Å²) < 4.78 is 57.6. The number of carbonyl (C=O) groups is 1. The van der Waals surface area contributed by atoms with Gasteiger partial charge in [-0.3, -0.25) is 9.79 Å². The summed E-state index contributed by atoms with van der Waals surface area (Å²) in [5, 5.41) is 0. The molecule has 0 aromatic heterocycles. The van der Waals surface area contributed by atoms with E-state index in [2.05, 4.69) is 51.1 Å². The third-order valence-corrected chi connectivity index (χ3v) is 9.67. The van der Waals surface area contributed by atoms with Crippen LogP contribution in [0.15, 0.2) is 77.8 Å². The Balaban J connectivity index is 0.000000672. The SMILES string of the molecule is C/C=C(/c1cccc(C(C)F)c1)c1ccc(C(=O)N2CCC(C(=Nc3ccccc3C)C(C)CC)CC2)cc1C.CC(F)F.CCC(C)CC(F)F. The Morgan fingerprint density at radius 3 is 1.96 bits per heavy atom. The van der Waals surface area contributed by atoms with Gasteiger partial charge in [0, 0.05) is 36.7 Å². The number of likely N-dealkylation sites (tertiary alicyclic amines) is 1. The second-order valence-electron chi connectivity index (χ2n) is 13.8. The molecule has 3 aromatic rings. The summed E-state index contributed by atoms with van der Waals surface area (Å²) in [6.07, 6.45) is 0.586. The Kier molecular flexibility index (Phi) is 19.0. The van der Waals surface area contributed by atoms with E-state index < -0.39 is 19.0 Å². The molecule has 3 aromatic carbocycles. The number of benzene rings is 3. The topological polar surface area (TPSA) is 32.7 Å². The van der Waals surface area contributed by atoms with Crippen LogP contribution in [0, 0.1) is 31.6 Å². The van der Waals surface area contributed by atoms with Crippen LogP contribution in [0.4, 0.5) is 27.6 Å². The summed E-state index contributed by atoms with van der Waals surface area (Å²) in [5.41, 5.74) is 9.04. The maximum Gasteiger partial charge on any atom is 0.253 e. The summed E-state index contributed by atoms with van der Waals surface area (Å²) >= 11 is 0. The molecule has 1 aliphatic rings. The lowest BCUT2D eigenvalue weighted by atomic mass is 9.84. The zero-order valence-corrected chi connectivity index (χ0v) is 32.5. The molecule has 8 heteroatoms. The molecule has 0 bridgehead atoms. The van der Waals surface area contributed by atoms with Crippen LogP contribution in [0.1, 0.15) is 125 Å². The van der Waals surface area contributed by atoms with Gasteiger partial charge in [-0.05, 0) is 123 Å². The Hall–Kier alpha value is -3.81. The van der Waals surface area contributed by atoms with E-state index in [9.17, 15) is 26.7 Å². The molecule has 0 N–H and O–H groups in total. The molecule has 0 aliphatic carbocycles. The third-order valence-electron chi connectivity index (χ3n) is 9.67. The predicted molar refractivity (Wildman–Crippen MR) is 208 cm³/mol. The first-order chi connectivity index (χ1) is 24.6. The van der Waals surface area contributed by atoms with E-state index in [0.29, 0.717) is 17.4 Å². The monoisotopic (exact) mass is 726 g/mol. The number of para-hydroxylation sites is 1. The lowest BCUT2D eigenvalue weighted by molar-refractivity contribution is 0.0708. The highest BCUT2D eigenvalue weighted by Gasteiger charge is 2.29. The Bertz CT molecular complexity index is 1590. The second kappa shape index (κ2) is 22.3. The number of hydrogen-bond donors (Lipinski definition) is 0. The summed E-state index contributed by atoms with van der Waals surface area (Å²) in [5.74, 6) is 1.07. The molecule has 1 fully saturated rings. The van der Waals surface area contributed by atoms with Gasteiger partial charge in [0.1, 0.15) is 6.17 Å². The largest absolute Gasteiger partial charge is 0.339 e. The summed E-state index contributed by atoms with van der Waals surface area (Å²) in [6.45, 7) is 18.3. The summed E-state index contributed by atoms with van der Waals surface area (Å²) in [4.78, 5) is 20.7. The smallest absolute Gasteiger partial charge is 0.253 e. The fourth-order valence-corrected chi connectivity index (χ4v) is 6.20. The quantitative estimate of drug-likeness (QED) is 0.143. The molecule has 3 atom stereocenters. The number of aliphatic imine (C=N–C) groups is 1. The fourth-order valence-electron chi connectivity index (χ4n) is 6.20. The van der Waals surface area contributed by atoms with Gasteiger partial charge in [0.25, 0.3) is 5.91 Å². The zero-order chi connectivity index (χ0) is 39.0. The van der Waals surface area contributed by atoms with Gasteiger partial charge in [0.2, 0.25) is 12.9 Å². The van der Waals surface area contributed by atoms with Crippen LogP contribution in [-0.4, -0.2) is 42.5 Å². The van der Waals surface area contributed by atoms with Gasteiger partial charge in [0.05, 0.1) is 5.69 Å². The van der Waals surface area contributed by atoms with E-state index in [0.717, 1.165) is 79.2 Å². The number of nitrogens with zero attached hydrogens (tertiary/aromatic N) is 2. The van der Waals surface area contributed by atoms with E-state index in [-0.39, 0.29) is 18.2 Å². The molecule has 1 aliphatic heterocycles. The zero-order valence-electron chi connectivity index (χ0n) is 32.5. The van der Waals surface area contributed by atoms with Gasteiger partial charge >= 0.3 is 0 Å². The van der Waals surface area contributed by atoms with Crippen LogP contribution in [0.5, 0.6) is 0 Å². The molecular formula is C44H59F5N2O. The fraction of sp³-hybridized carbons (Fsp3) is 0.500. The van der Waals surface area contributed by atoms with Crippen molar-refractivity contribution in [3.63, 3.8) is 0 Å². The van der Waals surface area contributed by atoms with Crippen molar-refractivity contribution < 1.29 is 26.7 Å². The highest BCUT2D eigenvalue weighted by Crippen LogP contribution is 2.31. The Labute approximate surface area is 309 Å². The lowest BCUT2D eigenvalue weighted by Gasteiger charge is -2.34. The number of halogens is 5. The van der Waals surface area contributed by atoms with Crippen molar-refractivity contribution in [1.82, 2.24) is 4.90 Å². The molecule has 52 heavy (non-hydrogen) atoms. The first-order valence-electron chi connectivity index (χ1n) is 18.6. The van der Waals surface area contributed by atoms with Crippen molar-refractivity contribution in [3.8, 4) is 0 Å². The van der Waals surface area contributed by atoms with Crippen LogP contribution in [0.3, 0.4) is 0 Å². The van der Waals surface area contributed by atoms with Crippen molar-refractivity contribution >= 4 is 22.9 Å². The number of allylic oxidation sites excluding steroid dienone is 1. The summed E-state index contributed by atoms with van der Waals surface area (Å²) in [6, 6.07) is 21.9. The molecule has 4 rings (SSSR count). The minimum atomic E-state index is -2.17. The van der Waals surface area contributed by atoms with Crippen molar-refractivity contribution in [3.05, 3.63) is 106 Å². The number of alkyl halides is 5. The number of carbonyl (C=O) groups excluding carboxylic acids is 1. The molecule has 1 saturated heterocycles. The first kappa shape index (κ1) is 44.4. The highest BCUT2D eigenvalue weighted by molar-refractivity contribution is 5.96. The number of rotatable bonds is 11. The highest BCUT2D eigenvalue weighted by atomic mass is 19.3. The number of hydrogen-bond acceptors (Lipinski definition) is 2. The average molecular weight is 727 g/mol. The van der Waals surface area contributed by atoms with Crippen LogP contribution in [0.25, 0.3) is 5.57 Å². The van der Waals surface area contributed by atoms with Crippen molar-refractivity contribution in [2.75, 3.05) is 13.1 Å². The van der Waals surface area contributed by atoms with Gasteiger partial charge in [-0.25, -0.2) is 22.0 Å². The van der Waals surface area contributed by atoms with E-state index >= 15 is 0 Å². The molecule has 0 saturated carbocycles. The van der Waals surface area contributed by atoms with Gasteiger partial charge in [-0.2, -0.15) is 0 Å². The number of piperidine rings is 1. The van der Waals surface area contributed by atoms with Crippen molar-refractivity contribution in [1.29, 1.82) is 0 Å². The Morgan fingerprint density at radius 2 is 1.46 bits per heavy atom. The van der Waals surface area contributed by atoms with E-state index in [4.69, 9.17) is 4.99 Å².